The van der Waals surface area contributed by atoms with Crippen LogP contribution in [0.1, 0.15) is 84.0 Å². The number of carbonyl (C=O) groups is 1. The van der Waals surface area contributed by atoms with Gasteiger partial charge < -0.3 is 21.6 Å². The molecule has 0 atom stereocenters. The third-order valence-electron chi connectivity index (χ3n) is 4.01. The Labute approximate surface area is 151 Å². The minimum absolute atomic E-state index is 0. The Morgan fingerprint density at radius 1 is 0.783 bits per heavy atom. The highest BCUT2D eigenvalue weighted by atomic mass is 35.5. The van der Waals surface area contributed by atoms with Crippen molar-refractivity contribution in [3.05, 3.63) is 0 Å². The maximum absolute atomic E-state index is 11.6. The van der Waals surface area contributed by atoms with E-state index < -0.39 is 0 Å². The fraction of sp³-hybridized carbons (Fsp3) is 0.947. The molecule has 0 aromatic carbocycles. The van der Waals surface area contributed by atoms with Gasteiger partial charge in [0.2, 0.25) is 0 Å². The predicted molar refractivity (Wildman–Crippen MR) is 94.9 cm³/mol. The molecule has 0 aliphatic heterocycles. The molecule has 0 amide bonds. The quantitative estimate of drug-likeness (QED) is 0.256. The summed E-state index contributed by atoms with van der Waals surface area (Å²) in [7, 11) is 6.33. The van der Waals surface area contributed by atoms with E-state index in [-0.39, 0.29) is 18.4 Å². The Morgan fingerprint density at radius 2 is 1.22 bits per heavy atom. The fourth-order valence-electron chi connectivity index (χ4n) is 2.44. The Hall–Kier alpha value is -0.280. The zero-order valence-corrected chi connectivity index (χ0v) is 16.8. The Bertz CT molecular complexity index is 265. The van der Waals surface area contributed by atoms with Crippen LogP contribution in [0.15, 0.2) is 0 Å². The highest BCUT2D eigenvalue weighted by Gasteiger charge is 2.09. The molecule has 4 heteroatoms. The summed E-state index contributed by atoms with van der Waals surface area (Å²) in [4.78, 5) is 11.6. The van der Waals surface area contributed by atoms with Gasteiger partial charge in [0.1, 0.15) is 13.2 Å². The van der Waals surface area contributed by atoms with Crippen molar-refractivity contribution in [3.8, 4) is 0 Å². The molecule has 0 heterocycles. The van der Waals surface area contributed by atoms with E-state index in [2.05, 4.69) is 28.1 Å². The second-order valence-corrected chi connectivity index (χ2v) is 7.52. The molecule has 0 saturated heterocycles. The van der Waals surface area contributed by atoms with Gasteiger partial charge in [-0.25, -0.2) is 0 Å². The minimum atomic E-state index is -0.0237. The molecule has 0 fully saturated rings. The summed E-state index contributed by atoms with van der Waals surface area (Å²) in [5.41, 5.74) is 0. The van der Waals surface area contributed by atoms with E-state index in [1.807, 2.05) is 0 Å². The van der Waals surface area contributed by atoms with E-state index in [0.717, 1.165) is 17.4 Å². The van der Waals surface area contributed by atoms with Crippen molar-refractivity contribution in [3.63, 3.8) is 0 Å². The van der Waals surface area contributed by atoms with Crippen molar-refractivity contribution in [1.29, 1.82) is 0 Å². The van der Waals surface area contributed by atoms with Gasteiger partial charge in [-0.3, -0.25) is 4.79 Å². The van der Waals surface area contributed by atoms with Crippen molar-refractivity contribution in [1.82, 2.24) is 0 Å². The fourth-order valence-corrected chi connectivity index (χ4v) is 2.44. The smallest absolute Gasteiger partial charge is 0.305 e. The molecular weight excluding hydrogens is 310 g/mol. The normalized spacial score (nSPS) is 11.1. The van der Waals surface area contributed by atoms with Gasteiger partial charge in [-0.15, -0.1) is 0 Å². The summed E-state index contributed by atoms with van der Waals surface area (Å²) in [5, 5.41) is 0. The molecule has 0 aromatic heterocycles. The largest absolute Gasteiger partial charge is 1.00 e. The van der Waals surface area contributed by atoms with Gasteiger partial charge in [-0.05, 0) is 6.42 Å². The highest BCUT2D eigenvalue weighted by molar-refractivity contribution is 5.69. The molecule has 0 aliphatic carbocycles. The first-order valence-electron chi connectivity index (χ1n) is 9.42. The first-order chi connectivity index (χ1) is 10.5. The molecule has 0 radical (unpaired) electrons. The standard InChI is InChI=1S/C19H40NO2.ClH/c1-5-6-7-8-9-10-11-12-13-14-15-16-19(21)22-18-17-20(2,3)4;/h5-18H2,1-4H3;1H/q+1;/p-1. The number of hydrogen-bond acceptors (Lipinski definition) is 2. The molecule has 3 nitrogen and oxygen atoms in total. The van der Waals surface area contributed by atoms with Crippen molar-refractivity contribution >= 4 is 5.97 Å². The van der Waals surface area contributed by atoms with Crippen molar-refractivity contribution in [2.24, 2.45) is 0 Å². The second-order valence-electron chi connectivity index (χ2n) is 7.52. The number of quaternary nitrogens is 1. The highest BCUT2D eigenvalue weighted by Crippen LogP contribution is 2.12. The Morgan fingerprint density at radius 3 is 1.65 bits per heavy atom. The Balaban J connectivity index is 0. The summed E-state index contributed by atoms with van der Waals surface area (Å²) < 4.78 is 6.09. The van der Waals surface area contributed by atoms with Gasteiger partial charge in [-0.1, -0.05) is 71.1 Å². The average Bonchev–Trinajstić information content (AvgIpc) is 2.43. The molecule has 23 heavy (non-hydrogen) atoms. The van der Waals surface area contributed by atoms with Gasteiger partial charge in [0.25, 0.3) is 0 Å². The third-order valence-corrected chi connectivity index (χ3v) is 4.01. The number of carbonyl (C=O) groups excluding carboxylic acids is 1. The van der Waals surface area contributed by atoms with Crippen LogP contribution in [0.2, 0.25) is 0 Å². The maximum Gasteiger partial charge on any atom is 0.305 e. The van der Waals surface area contributed by atoms with Crippen LogP contribution in [0.4, 0.5) is 0 Å². The zero-order valence-electron chi connectivity index (χ0n) is 16.0. The molecule has 0 spiro atoms. The van der Waals surface area contributed by atoms with Crippen LogP contribution in [0, 0.1) is 0 Å². The van der Waals surface area contributed by atoms with Gasteiger partial charge in [-0.2, -0.15) is 0 Å². The van der Waals surface area contributed by atoms with E-state index >= 15 is 0 Å². The van der Waals surface area contributed by atoms with Crippen molar-refractivity contribution < 1.29 is 26.4 Å². The number of esters is 1. The lowest BCUT2D eigenvalue weighted by molar-refractivity contribution is -0.870. The van der Waals surface area contributed by atoms with E-state index in [9.17, 15) is 4.79 Å². The second kappa shape index (κ2) is 16.6. The molecule has 0 bridgehead atoms. The molecule has 0 aromatic rings. The van der Waals surface area contributed by atoms with Crippen LogP contribution < -0.4 is 12.4 Å². The molecular formula is C19H40ClNO2. The lowest BCUT2D eigenvalue weighted by Gasteiger charge is -2.23. The van der Waals surface area contributed by atoms with Gasteiger partial charge >= 0.3 is 5.97 Å². The first-order valence-corrected chi connectivity index (χ1v) is 9.42. The number of halogens is 1. The van der Waals surface area contributed by atoms with Gasteiger partial charge in [0.15, 0.2) is 0 Å². The predicted octanol–water partition coefficient (Wildman–Crippen LogP) is 1.94. The summed E-state index contributed by atoms with van der Waals surface area (Å²) in [6, 6.07) is 0. The number of unbranched alkanes of at least 4 members (excludes halogenated alkanes) is 10. The summed E-state index contributed by atoms with van der Waals surface area (Å²) in [5.74, 6) is -0.0237. The van der Waals surface area contributed by atoms with E-state index in [1.54, 1.807) is 0 Å². The molecule has 0 aliphatic rings. The van der Waals surface area contributed by atoms with Crippen LogP contribution in [-0.4, -0.2) is 44.7 Å². The molecule has 140 valence electrons. The van der Waals surface area contributed by atoms with Crippen LogP contribution in [0.5, 0.6) is 0 Å². The number of hydrogen-bond donors (Lipinski definition) is 0. The molecule has 0 saturated carbocycles. The minimum Gasteiger partial charge on any atom is -1.00 e. The Kier molecular flexibility index (Phi) is 18.0. The lowest BCUT2D eigenvalue weighted by Crippen LogP contribution is -3.00. The average molecular weight is 350 g/mol. The topological polar surface area (TPSA) is 26.3 Å². The first kappa shape index (κ1) is 25.0. The van der Waals surface area contributed by atoms with Gasteiger partial charge in [0.05, 0.1) is 21.1 Å². The van der Waals surface area contributed by atoms with E-state index in [4.69, 9.17) is 4.74 Å². The summed E-state index contributed by atoms with van der Waals surface area (Å²) >= 11 is 0. The zero-order chi connectivity index (χ0) is 16.7. The maximum atomic E-state index is 11.6. The van der Waals surface area contributed by atoms with Crippen LogP contribution in [-0.2, 0) is 9.53 Å². The lowest BCUT2D eigenvalue weighted by atomic mass is 10.1. The number of likely N-dealkylation sites (N-methyl/N-ethyl adjacent to an activating group) is 1. The monoisotopic (exact) mass is 349 g/mol. The van der Waals surface area contributed by atoms with Crippen LogP contribution in [0.25, 0.3) is 0 Å². The number of nitrogens with zero attached hydrogens (tertiary/aromatic N) is 1. The van der Waals surface area contributed by atoms with Gasteiger partial charge in [0, 0.05) is 6.42 Å². The SMILES string of the molecule is CCCCCCCCCCCCCC(=O)OCC[N+](C)(C)C.[Cl-]. The van der Waals surface area contributed by atoms with Crippen LogP contribution in [0.3, 0.4) is 0 Å². The number of ether oxygens (including phenoxy) is 1. The molecule has 0 unspecified atom stereocenters. The van der Waals surface area contributed by atoms with Crippen molar-refractivity contribution in [2.45, 2.75) is 84.0 Å². The number of rotatable bonds is 15. The van der Waals surface area contributed by atoms with E-state index in [0.29, 0.717) is 13.0 Å². The van der Waals surface area contributed by atoms with E-state index in [1.165, 1.54) is 64.2 Å². The van der Waals surface area contributed by atoms with Crippen molar-refractivity contribution in [2.75, 3.05) is 34.3 Å². The van der Waals surface area contributed by atoms with Crippen LogP contribution >= 0.6 is 0 Å². The third kappa shape index (κ3) is 21.7. The summed E-state index contributed by atoms with van der Waals surface area (Å²) in [6.45, 7) is 3.68. The summed E-state index contributed by atoms with van der Waals surface area (Å²) in [6.07, 6.45) is 15.0. The molecule has 0 rings (SSSR count). The molecule has 0 N–H and O–H groups in total.